The number of likely N-dealkylation sites (N-methyl/N-ethyl adjacent to an activating group) is 1. The van der Waals surface area contributed by atoms with Crippen molar-refractivity contribution in [2.24, 2.45) is 0 Å². The standard InChI is InChI=1S/C22H22N2O4S/c1-15-23-18(14-29-15)13-27-19-11-7-10-17(12-19)22(26)28-20(21(25)24(2)3)16-8-5-4-6-9-16/h4-12,14,20H,13H2,1-3H3. The minimum Gasteiger partial charge on any atom is -0.487 e. The lowest BCUT2D eigenvalue weighted by atomic mass is 10.1. The van der Waals surface area contributed by atoms with Gasteiger partial charge in [0.15, 0.2) is 0 Å². The van der Waals surface area contributed by atoms with Gasteiger partial charge in [0.2, 0.25) is 6.10 Å². The highest BCUT2D eigenvalue weighted by atomic mass is 32.1. The first-order valence-corrected chi connectivity index (χ1v) is 9.93. The minimum atomic E-state index is -1.01. The lowest BCUT2D eigenvalue weighted by Crippen LogP contribution is -2.31. The summed E-state index contributed by atoms with van der Waals surface area (Å²) >= 11 is 1.56. The summed E-state index contributed by atoms with van der Waals surface area (Å²) in [6.07, 6.45) is -1.01. The number of esters is 1. The van der Waals surface area contributed by atoms with Crippen LogP contribution in [0.3, 0.4) is 0 Å². The van der Waals surface area contributed by atoms with Gasteiger partial charge in [-0.25, -0.2) is 9.78 Å². The van der Waals surface area contributed by atoms with Gasteiger partial charge in [-0.15, -0.1) is 11.3 Å². The first kappa shape index (κ1) is 20.5. The number of aryl methyl sites for hydroxylation is 1. The van der Waals surface area contributed by atoms with Crippen molar-refractivity contribution in [3.8, 4) is 5.75 Å². The second-order valence-corrected chi connectivity index (χ2v) is 7.67. The molecule has 6 nitrogen and oxygen atoms in total. The number of rotatable bonds is 7. The molecule has 0 spiro atoms. The van der Waals surface area contributed by atoms with E-state index in [0.717, 1.165) is 10.7 Å². The average Bonchev–Trinajstić information content (AvgIpc) is 3.15. The average molecular weight is 410 g/mol. The fourth-order valence-electron chi connectivity index (χ4n) is 2.64. The molecule has 3 aromatic rings. The van der Waals surface area contributed by atoms with E-state index < -0.39 is 12.1 Å². The number of carbonyl (C=O) groups is 2. The SMILES string of the molecule is Cc1nc(COc2cccc(C(=O)OC(C(=O)N(C)C)c3ccccc3)c2)cs1. The van der Waals surface area contributed by atoms with Gasteiger partial charge >= 0.3 is 5.97 Å². The Morgan fingerprint density at radius 3 is 2.52 bits per heavy atom. The molecule has 1 heterocycles. The maximum absolute atomic E-state index is 12.7. The molecule has 2 aromatic carbocycles. The number of amides is 1. The van der Waals surface area contributed by atoms with Crippen LogP contribution in [0.15, 0.2) is 60.0 Å². The van der Waals surface area contributed by atoms with E-state index >= 15 is 0 Å². The van der Waals surface area contributed by atoms with Crippen molar-refractivity contribution in [2.75, 3.05) is 14.1 Å². The Morgan fingerprint density at radius 2 is 1.86 bits per heavy atom. The first-order valence-electron chi connectivity index (χ1n) is 9.05. The molecule has 1 unspecified atom stereocenters. The topological polar surface area (TPSA) is 68.7 Å². The third-order valence-corrected chi connectivity index (χ3v) is 4.94. The number of benzene rings is 2. The van der Waals surface area contributed by atoms with Crippen molar-refractivity contribution in [3.63, 3.8) is 0 Å². The molecule has 1 amide bonds. The largest absolute Gasteiger partial charge is 0.487 e. The summed E-state index contributed by atoms with van der Waals surface area (Å²) in [7, 11) is 3.25. The van der Waals surface area contributed by atoms with E-state index in [2.05, 4.69) is 4.98 Å². The van der Waals surface area contributed by atoms with Gasteiger partial charge in [0.05, 0.1) is 16.3 Å². The molecule has 29 heavy (non-hydrogen) atoms. The maximum Gasteiger partial charge on any atom is 0.339 e. The molecule has 0 radical (unpaired) electrons. The van der Waals surface area contributed by atoms with Crippen molar-refractivity contribution in [3.05, 3.63) is 81.8 Å². The van der Waals surface area contributed by atoms with Crippen LogP contribution >= 0.6 is 11.3 Å². The summed E-state index contributed by atoms with van der Waals surface area (Å²) in [4.78, 5) is 31.0. The Kier molecular flexibility index (Phi) is 6.61. The van der Waals surface area contributed by atoms with Gasteiger partial charge in [0.25, 0.3) is 5.91 Å². The van der Waals surface area contributed by atoms with Crippen molar-refractivity contribution in [1.82, 2.24) is 9.88 Å². The number of hydrogen-bond acceptors (Lipinski definition) is 6. The van der Waals surface area contributed by atoms with Crippen molar-refractivity contribution >= 4 is 23.2 Å². The smallest absolute Gasteiger partial charge is 0.339 e. The highest BCUT2D eigenvalue weighted by molar-refractivity contribution is 7.09. The summed E-state index contributed by atoms with van der Waals surface area (Å²) in [5, 5.41) is 2.91. The second-order valence-electron chi connectivity index (χ2n) is 6.60. The fourth-order valence-corrected chi connectivity index (χ4v) is 3.24. The maximum atomic E-state index is 12.7. The lowest BCUT2D eigenvalue weighted by molar-refractivity contribution is -0.138. The molecule has 150 valence electrons. The Hall–Kier alpha value is -3.19. The highest BCUT2D eigenvalue weighted by Crippen LogP contribution is 2.23. The number of aromatic nitrogens is 1. The number of ether oxygens (including phenoxy) is 2. The zero-order valence-electron chi connectivity index (χ0n) is 16.5. The Bertz CT molecular complexity index is 985. The third kappa shape index (κ3) is 5.42. The zero-order valence-corrected chi connectivity index (χ0v) is 17.3. The third-order valence-electron chi connectivity index (χ3n) is 4.12. The van der Waals surface area contributed by atoms with Crippen LogP contribution < -0.4 is 4.74 Å². The van der Waals surface area contributed by atoms with Gasteiger partial charge in [-0.3, -0.25) is 4.79 Å². The van der Waals surface area contributed by atoms with Gasteiger partial charge in [-0.1, -0.05) is 36.4 Å². The van der Waals surface area contributed by atoms with E-state index in [-0.39, 0.29) is 5.91 Å². The highest BCUT2D eigenvalue weighted by Gasteiger charge is 2.27. The number of carbonyl (C=O) groups excluding carboxylic acids is 2. The predicted molar refractivity (Wildman–Crippen MR) is 111 cm³/mol. The molecule has 0 aliphatic carbocycles. The summed E-state index contributed by atoms with van der Waals surface area (Å²) in [6, 6.07) is 15.7. The normalized spacial score (nSPS) is 11.6. The molecular weight excluding hydrogens is 388 g/mol. The number of nitrogens with zero attached hydrogens (tertiary/aromatic N) is 2. The second kappa shape index (κ2) is 9.34. The van der Waals surface area contributed by atoms with Gasteiger partial charge in [-0.2, -0.15) is 0 Å². The fraction of sp³-hybridized carbons (Fsp3) is 0.227. The number of thiazole rings is 1. The monoisotopic (exact) mass is 410 g/mol. The molecule has 0 bridgehead atoms. The van der Waals surface area contributed by atoms with Crippen molar-refractivity contribution < 1.29 is 19.1 Å². The molecule has 1 atom stereocenters. The lowest BCUT2D eigenvalue weighted by Gasteiger charge is -2.21. The van der Waals surface area contributed by atoms with Crippen LogP contribution in [0.5, 0.6) is 5.75 Å². The molecule has 0 fully saturated rings. The molecule has 3 rings (SSSR count). The van der Waals surface area contributed by atoms with Crippen LogP contribution in [0.1, 0.15) is 32.7 Å². The van der Waals surface area contributed by atoms with E-state index in [1.165, 1.54) is 4.90 Å². The summed E-state index contributed by atoms with van der Waals surface area (Å²) in [5.41, 5.74) is 1.76. The molecule has 0 N–H and O–H groups in total. The van der Waals surface area contributed by atoms with E-state index in [1.807, 2.05) is 18.4 Å². The molecule has 0 saturated carbocycles. The molecule has 0 aliphatic rings. The Morgan fingerprint density at radius 1 is 1.10 bits per heavy atom. The van der Waals surface area contributed by atoms with Crippen molar-refractivity contribution in [2.45, 2.75) is 19.6 Å². The predicted octanol–water partition coefficient (Wildman–Crippen LogP) is 4.02. The van der Waals surface area contributed by atoms with Gasteiger partial charge in [0, 0.05) is 25.0 Å². The zero-order chi connectivity index (χ0) is 20.8. The van der Waals surface area contributed by atoms with E-state index in [1.54, 1.807) is 74.0 Å². The van der Waals surface area contributed by atoms with E-state index in [9.17, 15) is 9.59 Å². The first-order chi connectivity index (χ1) is 13.9. The molecule has 0 aliphatic heterocycles. The minimum absolute atomic E-state index is 0.309. The Labute approximate surface area is 173 Å². The van der Waals surface area contributed by atoms with Crippen molar-refractivity contribution in [1.29, 1.82) is 0 Å². The molecule has 7 heteroatoms. The summed E-state index contributed by atoms with van der Waals surface area (Å²) in [5.74, 6) is -0.375. The van der Waals surface area contributed by atoms with Crippen LogP contribution in [-0.2, 0) is 16.1 Å². The Balaban J connectivity index is 1.73. The van der Waals surface area contributed by atoms with E-state index in [4.69, 9.17) is 9.47 Å². The van der Waals surface area contributed by atoms with Crippen LogP contribution in [0.2, 0.25) is 0 Å². The van der Waals surface area contributed by atoms with Crippen LogP contribution in [0.4, 0.5) is 0 Å². The van der Waals surface area contributed by atoms with E-state index in [0.29, 0.717) is 23.5 Å². The quantitative estimate of drug-likeness (QED) is 0.551. The summed E-state index contributed by atoms with van der Waals surface area (Å²) < 4.78 is 11.3. The van der Waals surface area contributed by atoms with Crippen LogP contribution in [0.25, 0.3) is 0 Å². The van der Waals surface area contributed by atoms with Gasteiger partial charge in [0.1, 0.15) is 12.4 Å². The van der Waals surface area contributed by atoms with Crippen LogP contribution in [-0.4, -0.2) is 35.9 Å². The van der Waals surface area contributed by atoms with Gasteiger partial charge < -0.3 is 14.4 Å². The van der Waals surface area contributed by atoms with Crippen LogP contribution in [0, 0.1) is 6.92 Å². The molecule has 0 saturated heterocycles. The molecular formula is C22H22N2O4S. The molecule has 1 aromatic heterocycles. The van der Waals surface area contributed by atoms with Gasteiger partial charge in [-0.05, 0) is 25.1 Å². The summed E-state index contributed by atoms with van der Waals surface area (Å²) in [6.45, 7) is 2.25. The number of hydrogen-bond donors (Lipinski definition) is 0.